The Labute approximate surface area is 84.9 Å². The molecule has 0 heterocycles. The Hall–Kier alpha value is -0.610. The zero-order chi connectivity index (χ0) is 10.6. The normalized spacial score (nSPS) is 29.6. The summed E-state index contributed by atoms with van der Waals surface area (Å²) in [5.74, 6) is -0.0550. The van der Waals surface area contributed by atoms with Crippen LogP contribution in [0.5, 0.6) is 0 Å². The molecule has 4 heteroatoms. The summed E-state index contributed by atoms with van der Waals surface area (Å²) in [4.78, 5) is 11.6. The highest BCUT2D eigenvalue weighted by Crippen LogP contribution is 2.22. The van der Waals surface area contributed by atoms with Gasteiger partial charge in [0.25, 0.3) is 0 Å². The van der Waals surface area contributed by atoms with E-state index < -0.39 is 6.10 Å². The molecular formula is C10H20N2O2. The average Bonchev–Trinajstić information content (AvgIpc) is 2.15. The highest BCUT2D eigenvalue weighted by Gasteiger charge is 2.27. The number of hydrogen-bond acceptors (Lipinski definition) is 3. The lowest BCUT2D eigenvalue weighted by Crippen LogP contribution is -2.45. The van der Waals surface area contributed by atoms with Crippen LogP contribution in [0.2, 0.25) is 0 Å². The van der Waals surface area contributed by atoms with Crippen LogP contribution in [-0.4, -0.2) is 29.7 Å². The van der Waals surface area contributed by atoms with Gasteiger partial charge >= 0.3 is 0 Å². The summed E-state index contributed by atoms with van der Waals surface area (Å²) in [6, 6.07) is -0.00208. The van der Waals surface area contributed by atoms with E-state index in [2.05, 4.69) is 5.32 Å². The molecule has 0 saturated heterocycles. The monoisotopic (exact) mass is 200 g/mol. The van der Waals surface area contributed by atoms with Crippen molar-refractivity contribution in [2.45, 2.75) is 44.8 Å². The van der Waals surface area contributed by atoms with Crippen LogP contribution in [0.25, 0.3) is 0 Å². The van der Waals surface area contributed by atoms with E-state index in [1.165, 1.54) is 0 Å². The third-order valence-electron chi connectivity index (χ3n) is 2.73. The molecule has 1 amide bonds. The van der Waals surface area contributed by atoms with E-state index in [-0.39, 0.29) is 17.9 Å². The van der Waals surface area contributed by atoms with E-state index in [1.54, 1.807) is 6.92 Å². The van der Waals surface area contributed by atoms with Gasteiger partial charge in [0.2, 0.25) is 5.91 Å². The Morgan fingerprint density at radius 2 is 2.21 bits per heavy atom. The first-order valence-corrected chi connectivity index (χ1v) is 5.32. The lowest BCUT2D eigenvalue weighted by atomic mass is 9.84. The van der Waals surface area contributed by atoms with Gasteiger partial charge in [0.05, 0.1) is 12.0 Å². The fourth-order valence-corrected chi connectivity index (χ4v) is 1.86. The number of aliphatic hydroxyl groups excluding tert-OH is 1. The molecule has 2 unspecified atom stereocenters. The Morgan fingerprint density at radius 1 is 1.57 bits per heavy atom. The molecule has 1 fully saturated rings. The largest absolute Gasteiger partial charge is 0.392 e. The molecule has 1 rings (SSSR count). The quantitative estimate of drug-likeness (QED) is 0.600. The van der Waals surface area contributed by atoms with E-state index in [1.807, 2.05) is 0 Å². The van der Waals surface area contributed by atoms with Gasteiger partial charge in [-0.15, -0.1) is 0 Å². The van der Waals surface area contributed by atoms with Gasteiger partial charge in [-0.25, -0.2) is 0 Å². The van der Waals surface area contributed by atoms with Crippen molar-refractivity contribution in [3.63, 3.8) is 0 Å². The molecule has 82 valence electrons. The van der Waals surface area contributed by atoms with Crippen molar-refractivity contribution in [1.29, 1.82) is 0 Å². The number of nitrogens with two attached hydrogens (primary N) is 1. The number of carbonyl (C=O) groups is 1. The maximum absolute atomic E-state index is 11.6. The molecule has 14 heavy (non-hydrogen) atoms. The van der Waals surface area contributed by atoms with E-state index in [9.17, 15) is 4.79 Å². The minimum Gasteiger partial charge on any atom is -0.392 e. The first-order chi connectivity index (χ1) is 6.61. The number of carbonyl (C=O) groups excluding carboxylic acids is 1. The van der Waals surface area contributed by atoms with E-state index in [0.29, 0.717) is 6.54 Å². The summed E-state index contributed by atoms with van der Waals surface area (Å²) in [5.41, 5.74) is 5.86. The second-order valence-corrected chi connectivity index (χ2v) is 4.15. The number of amides is 1. The molecule has 1 aliphatic carbocycles. The van der Waals surface area contributed by atoms with Gasteiger partial charge in [0.1, 0.15) is 0 Å². The summed E-state index contributed by atoms with van der Waals surface area (Å²) in [7, 11) is 0. The Kier molecular flexibility index (Phi) is 4.35. The van der Waals surface area contributed by atoms with Crippen LogP contribution in [0.15, 0.2) is 0 Å². The highest BCUT2D eigenvalue weighted by molar-refractivity contribution is 5.79. The molecule has 4 N–H and O–H groups in total. The highest BCUT2D eigenvalue weighted by atomic mass is 16.3. The molecule has 1 aliphatic rings. The van der Waals surface area contributed by atoms with Crippen molar-refractivity contribution in [1.82, 2.24) is 5.32 Å². The molecule has 0 aromatic carbocycles. The predicted molar refractivity (Wildman–Crippen MR) is 54.6 cm³/mol. The second-order valence-electron chi connectivity index (χ2n) is 4.15. The van der Waals surface area contributed by atoms with E-state index in [0.717, 1.165) is 25.7 Å². The number of rotatable bonds is 3. The minimum atomic E-state index is -0.487. The topological polar surface area (TPSA) is 75.3 Å². The molecule has 0 aromatic rings. The van der Waals surface area contributed by atoms with Crippen LogP contribution in [0.3, 0.4) is 0 Å². The van der Waals surface area contributed by atoms with Gasteiger partial charge in [0, 0.05) is 12.6 Å². The van der Waals surface area contributed by atoms with Gasteiger partial charge in [0.15, 0.2) is 0 Å². The molecule has 3 atom stereocenters. The van der Waals surface area contributed by atoms with Crippen LogP contribution in [0, 0.1) is 5.92 Å². The zero-order valence-electron chi connectivity index (χ0n) is 8.70. The second kappa shape index (κ2) is 5.32. The standard InChI is InChI=1S/C10H20N2O2/c1-7(13)6-12-10(14)8-4-2-3-5-9(8)11/h7-9,13H,2-6,11H2,1H3,(H,12,14)/t7-,8?,9?/m0/s1. The average molecular weight is 200 g/mol. The Morgan fingerprint density at radius 3 is 2.79 bits per heavy atom. The number of aliphatic hydroxyl groups is 1. The molecule has 0 bridgehead atoms. The third kappa shape index (κ3) is 3.27. The fourth-order valence-electron chi connectivity index (χ4n) is 1.86. The predicted octanol–water partition coefficient (Wildman–Crippen LogP) is 0.000900. The minimum absolute atomic E-state index is 0.00176. The van der Waals surface area contributed by atoms with Gasteiger partial charge in [-0.05, 0) is 19.8 Å². The molecule has 0 aromatic heterocycles. The van der Waals surface area contributed by atoms with Crippen LogP contribution in [0.4, 0.5) is 0 Å². The molecule has 1 saturated carbocycles. The zero-order valence-corrected chi connectivity index (χ0v) is 8.70. The maximum atomic E-state index is 11.6. The SMILES string of the molecule is C[C@H](O)CNC(=O)C1CCCCC1N. The summed E-state index contributed by atoms with van der Waals surface area (Å²) in [6.45, 7) is 1.98. The smallest absolute Gasteiger partial charge is 0.224 e. The summed E-state index contributed by atoms with van der Waals surface area (Å²) >= 11 is 0. The van der Waals surface area contributed by atoms with Crippen molar-refractivity contribution in [3.8, 4) is 0 Å². The summed E-state index contributed by atoms with van der Waals surface area (Å²) in [5, 5.41) is 11.7. The Bertz CT molecular complexity index is 195. The van der Waals surface area contributed by atoms with Crippen molar-refractivity contribution in [3.05, 3.63) is 0 Å². The van der Waals surface area contributed by atoms with Crippen LogP contribution >= 0.6 is 0 Å². The van der Waals surface area contributed by atoms with E-state index in [4.69, 9.17) is 10.8 Å². The first kappa shape index (κ1) is 11.5. The Balaban J connectivity index is 2.34. The van der Waals surface area contributed by atoms with Gasteiger partial charge in [-0.3, -0.25) is 4.79 Å². The molecule has 0 aliphatic heterocycles. The summed E-state index contributed by atoms with van der Waals surface area (Å²) in [6.07, 6.45) is 3.54. The van der Waals surface area contributed by atoms with Crippen molar-refractivity contribution >= 4 is 5.91 Å². The lowest BCUT2D eigenvalue weighted by Gasteiger charge is -2.27. The van der Waals surface area contributed by atoms with Crippen LogP contribution in [-0.2, 0) is 4.79 Å². The van der Waals surface area contributed by atoms with Crippen molar-refractivity contribution in [2.24, 2.45) is 11.7 Å². The molecule has 0 spiro atoms. The van der Waals surface area contributed by atoms with Gasteiger partial charge in [-0.1, -0.05) is 12.8 Å². The molecule has 4 nitrogen and oxygen atoms in total. The van der Waals surface area contributed by atoms with E-state index >= 15 is 0 Å². The van der Waals surface area contributed by atoms with Gasteiger partial charge in [-0.2, -0.15) is 0 Å². The van der Waals surface area contributed by atoms with Crippen LogP contribution in [0.1, 0.15) is 32.6 Å². The summed E-state index contributed by atoms with van der Waals surface area (Å²) < 4.78 is 0. The third-order valence-corrected chi connectivity index (χ3v) is 2.73. The molecule has 0 radical (unpaired) electrons. The number of nitrogens with one attached hydrogen (secondary N) is 1. The number of hydrogen-bond donors (Lipinski definition) is 3. The van der Waals surface area contributed by atoms with Crippen molar-refractivity contribution in [2.75, 3.05) is 6.54 Å². The fraction of sp³-hybridized carbons (Fsp3) is 0.900. The molecular weight excluding hydrogens is 180 g/mol. The van der Waals surface area contributed by atoms with Gasteiger partial charge < -0.3 is 16.2 Å². The first-order valence-electron chi connectivity index (χ1n) is 5.32. The lowest BCUT2D eigenvalue weighted by molar-refractivity contribution is -0.126. The van der Waals surface area contributed by atoms with Crippen LogP contribution < -0.4 is 11.1 Å². The maximum Gasteiger partial charge on any atom is 0.224 e. The van der Waals surface area contributed by atoms with Crippen molar-refractivity contribution < 1.29 is 9.90 Å².